The molecule has 0 aliphatic rings. The Balaban J connectivity index is 0.00000368. The fourth-order valence-corrected chi connectivity index (χ4v) is 4.65. The van der Waals surface area contributed by atoms with Crippen LogP contribution in [-0.2, 0) is 17.9 Å². The zero-order valence-electron chi connectivity index (χ0n) is 23.5. The molecule has 6 rings (SSSR count). The molecule has 0 fully saturated rings. The molecule has 3 aromatic heterocycles. The third-order valence-corrected chi connectivity index (χ3v) is 6.58. The number of carbonyl (C=O) groups excluding carboxylic acids is 1. The molecule has 12 nitrogen and oxygen atoms in total. The third kappa shape index (κ3) is 6.35. The van der Waals surface area contributed by atoms with Crippen molar-refractivity contribution in [2.75, 3.05) is 6.61 Å². The number of nitrogens with zero attached hydrogens (tertiary/aromatic N) is 4. The summed E-state index contributed by atoms with van der Waals surface area (Å²) in [4.78, 5) is 44.4. The van der Waals surface area contributed by atoms with Crippen LogP contribution in [0.25, 0.3) is 33.5 Å². The Morgan fingerprint density at radius 2 is 1.74 bits per heavy atom. The first-order chi connectivity index (χ1) is 20.4. The number of rotatable bonds is 9. The van der Waals surface area contributed by atoms with Crippen molar-refractivity contribution in [2.24, 2.45) is 0 Å². The molecule has 0 radical (unpaired) electrons. The van der Waals surface area contributed by atoms with Gasteiger partial charge < -0.3 is 27.8 Å². The van der Waals surface area contributed by atoms with Crippen molar-refractivity contribution in [2.45, 2.75) is 27.0 Å². The first-order valence-corrected chi connectivity index (χ1v) is 13.0. The fraction of sp³-hybridized carbons (Fsp3) is 0.167. The predicted molar refractivity (Wildman–Crippen MR) is 148 cm³/mol. The Morgan fingerprint density at radius 1 is 0.977 bits per heavy atom. The zero-order valence-corrected chi connectivity index (χ0v) is 26.7. The van der Waals surface area contributed by atoms with Crippen molar-refractivity contribution in [1.29, 1.82) is 0 Å². The molecule has 6 aromatic rings. The molecule has 0 bridgehead atoms. The monoisotopic (exact) mass is 606 g/mol. The summed E-state index contributed by atoms with van der Waals surface area (Å²) in [7, 11) is 0. The van der Waals surface area contributed by atoms with E-state index in [1.54, 1.807) is 25.1 Å². The van der Waals surface area contributed by atoms with Gasteiger partial charge in [0, 0.05) is 0 Å². The SMILES string of the molecule is CCOc1nc2cccc(C(=O)OCc3oc(=O)oc3C)c2n1Cc1ccc(-c2ccccc2-c2noc(=O)[n-]2)cc1.[K+]. The Labute approximate surface area is 286 Å². The van der Waals surface area contributed by atoms with Crippen LogP contribution in [0.4, 0.5) is 0 Å². The molecule has 3 aromatic carbocycles. The van der Waals surface area contributed by atoms with Gasteiger partial charge in [-0.25, -0.2) is 14.4 Å². The second-order valence-corrected chi connectivity index (χ2v) is 9.22. The summed E-state index contributed by atoms with van der Waals surface area (Å²) in [5.74, 6) is -1.63. The molecule has 0 atom stereocenters. The number of aromatic nitrogens is 4. The molecule has 0 N–H and O–H groups in total. The Kier molecular flexibility index (Phi) is 9.27. The largest absolute Gasteiger partial charge is 1.00 e. The van der Waals surface area contributed by atoms with Crippen LogP contribution >= 0.6 is 0 Å². The summed E-state index contributed by atoms with van der Waals surface area (Å²) in [6, 6.07) is 20.7. The number of esters is 1. The van der Waals surface area contributed by atoms with Crippen LogP contribution in [0, 0.1) is 6.92 Å². The molecule has 212 valence electrons. The van der Waals surface area contributed by atoms with E-state index in [1.165, 1.54) is 0 Å². The summed E-state index contributed by atoms with van der Waals surface area (Å²) in [5, 5.41) is 3.77. The molecule has 0 aliphatic carbocycles. The maximum atomic E-state index is 13.2. The van der Waals surface area contributed by atoms with Crippen LogP contribution in [0.15, 0.2) is 89.7 Å². The van der Waals surface area contributed by atoms with Gasteiger partial charge in [-0.1, -0.05) is 54.6 Å². The number of benzene rings is 3. The van der Waals surface area contributed by atoms with Crippen LogP contribution in [0.2, 0.25) is 0 Å². The topological polar surface area (TPSA) is 154 Å². The van der Waals surface area contributed by atoms with Crippen molar-refractivity contribution in [3.8, 4) is 28.5 Å². The number of fused-ring (bicyclic) bond motifs is 1. The van der Waals surface area contributed by atoms with Crippen molar-refractivity contribution < 1.29 is 79.0 Å². The Hall–Kier alpha value is -4.01. The molecule has 0 aliphatic heterocycles. The Morgan fingerprint density at radius 3 is 2.42 bits per heavy atom. The summed E-state index contributed by atoms with van der Waals surface area (Å²) < 4.78 is 27.5. The predicted octanol–water partition coefficient (Wildman–Crippen LogP) is 1.34. The van der Waals surface area contributed by atoms with Gasteiger partial charge in [-0.15, -0.1) is 0 Å². The first-order valence-electron chi connectivity index (χ1n) is 13.0. The van der Waals surface area contributed by atoms with Crippen molar-refractivity contribution >= 4 is 17.0 Å². The molecule has 43 heavy (non-hydrogen) atoms. The number of hydrogen-bond acceptors (Lipinski definition) is 10. The molecular weight excluding hydrogens is 583 g/mol. The maximum absolute atomic E-state index is 13.2. The first kappa shape index (κ1) is 30.4. The van der Waals surface area contributed by atoms with Gasteiger partial charge in [0.1, 0.15) is 0 Å². The number of imidazole rings is 1. The van der Waals surface area contributed by atoms with E-state index in [1.807, 2.05) is 60.0 Å². The van der Waals surface area contributed by atoms with Crippen molar-refractivity contribution in [3.05, 3.63) is 111 Å². The molecule has 0 spiro atoms. The second kappa shape index (κ2) is 13.1. The molecular formula is C30H23KN4O8. The normalized spacial score (nSPS) is 10.9. The summed E-state index contributed by atoms with van der Waals surface area (Å²) in [5.41, 5.74) is 4.68. The van der Waals surface area contributed by atoms with Crippen LogP contribution in [0.3, 0.4) is 0 Å². The number of ether oxygens (including phenoxy) is 2. The molecule has 3 heterocycles. The van der Waals surface area contributed by atoms with Crippen molar-refractivity contribution in [1.82, 2.24) is 19.7 Å². The molecule has 0 unspecified atom stereocenters. The van der Waals surface area contributed by atoms with Crippen LogP contribution in [0.5, 0.6) is 6.01 Å². The van der Waals surface area contributed by atoms with Gasteiger partial charge in [-0.05, 0) is 54.1 Å². The van der Waals surface area contributed by atoms with E-state index in [9.17, 15) is 14.4 Å². The van der Waals surface area contributed by atoms with Crippen molar-refractivity contribution in [3.63, 3.8) is 0 Å². The van der Waals surface area contributed by atoms with Gasteiger partial charge in [-0.2, -0.15) is 4.98 Å². The minimum absolute atomic E-state index is 0. The summed E-state index contributed by atoms with van der Waals surface area (Å²) in [6.07, 6.45) is 0. The van der Waals surface area contributed by atoms with Gasteiger partial charge in [0.2, 0.25) is 0 Å². The van der Waals surface area contributed by atoms with Crippen LogP contribution < -0.4 is 72.7 Å². The van der Waals surface area contributed by atoms with Gasteiger partial charge in [0.25, 0.3) is 6.01 Å². The number of carbonyl (C=O) groups is 1. The van der Waals surface area contributed by atoms with E-state index < -0.39 is 17.5 Å². The second-order valence-electron chi connectivity index (χ2n) is 9.22. The van der Waals surface area contributed by atoms with Crippen LogP contribution in [-0.4, -0.2) is 27.3 Å². The van der Waals surface area contributed by atoms with E-state index >= 15 is 0 Å². The molecule has 0 saturated carbocycles. The van der Waals surface area contributed by atoms with E-state index in [0.29, 0.717) is 35.8 Å². The van der Waals surface area contributed by atoms with E-state index in [4.69, 9.17) is 18.3 Å². The average Bonchev–Trinajstić information content (AvgIpc) is 3.68. The average molecular weight is 607 g/mol. The quantitative estimate of drug-likeness (QED) is 0.173. The van der Waals surface area contributed by atoms with E-state index in [-0.39, 0.29) is 80.9 Å². The minimum Gasteiger partial charge on any atom is -0.465 e. The summed E-state index contributed by atoms with van der Waals surface area (Å²) >= 11 is 0. The fourth-order valence-electron chi connectivity index (χ4n) is 4.65. The molecule has 0 saturated heterocycles. The van der Waals surface area contributed by atoms with E-state index in [0.717, 1.165) is 16.7 Å². The Bertz CT molecular complexity index is 2020. The maximum Gasteiger partial charge on any atom is 1.00 e. The third-order valence-electron chi connectivity index (χ3n) is 6.58. The van der Waals surface area contributed by atoms with Gasteiger partial charge in [-0.3, -0.25) is 9.72 Å². The zero-order chi connectivity index (χ0) is 29.2. The van der Waals surface area contributed by atoms with Gasteiger partial charge in [0.15, 0.2) is 18.1 Å². The number of aryl methyl sites for hydroxylation is 1. The molecule has 13 heteroatoms. The van der Waals surface area contributed by atoms with Gasteiger partial charge >= 0.3 is 68.9 Å². The minimum atomic E-state index is -0.860. The van der Waals surface area contributed by atoms with E-state index in [2.05, 4.69) is 19.6 Å². The van der Waals surface area contributed by atoms with Gasteiger partial charge in [0.05, 0.1) is 29.7 Å². The summed E-state index contributed by atoms with van der Waals surface area (Å²) in [6.45, 7) is 3.86. The number of para-hydroxylation sites is 1. The standard InChI is InChI=1S/C30H24N4O8.K/c1-3-38-28-31-23-10-6-9-22(27(35)39-16-24-17(2)40-30(37)41-24)25(23)34(28)15-18-11-13-19(14-12-18)20-7-4-5-8-21(20)26-32-29(36)42-33-26;/h4-14H,3,15-16H2,1-2H3,(H,32,33,36);/q;+1/p-1. The molecule has 0 amide bonds. The smallest absolute Gasteiger partial charge is 0.465 e. The van der Waals surface area contributed by atoms with Crippen LogP contribution in [0.1, 0.15) is 34.4 Å². The number of hydrogen-bond donors (Lipinski definition) is 0.